The SMILES string of the molecule is CCOc1ccc(NC(=O)COC(=O)c2c3c(nc4ccccc24)C(=Cc2ccccc2Cl)CCC3)c([N+](=O)[O-])c1. The summed E-state index contributed by atoms with van der Waals surface area (Å²) in [7, 11) is 0. The van der Waals surface area contributed by atoms with Gasteiger partial charge in [0.1, 0.15) is 11.4 Å². The van der Waals surface area contributed by atoms with Gasteiger partial charge in [-0.05, 0) is 73.2 Å². The van der Waals surface area contributed by atoms with E-state index in [2.05, 4.69) is 5.32 Å². The Labute approximate surface area is 240 Å². The number of halogens is 1. The number of aromatic nitrogens is 1. The van der Waals surface area contributed by atoms with Gasteiger partial charge in [0.2, 0.25) is 0 Å². The van der Waals surface area contributed by atoms with Gasteiger partial charge in [-0.1, -0.05) is 48.0 Å². The molecule has 3 aromatic carbocycles. The zero-order chi connectivity index (χ0) is 28.9. The van der Waals surface area contributed by atoms with Crippen molar-refractivity contribution >= 4 is 57.4 Å². The van der Waals surface area contributed by atoms with Crippen molar-refractivity contribution < 1.29 is 24.0 Å². The molecule has 10 heteroatoms. The monoisotopic (exact) mass is 571 g/mol. The van der Waals surface area contributed by atoms with E-state index in [1.54, 1.807) is 13.0 Å². The number of ether oxygens (including phenoxy) is 2. The minimum absolute atomic E-state index is 0.0272. The van der Waals surface area contributed by atoms with E-state index in [9.17, 15) is 19.7 Å². The molecule has 0 spiro atoms. The molecular weight excluding hydrogens is 546 g/mol. The average Bonchev–Trinajstić information content (AvgIpc) is 2.97. The van der Waals surface area contributed by atoms with Gasteiger partial charge in [0, 0.05) is 10.4 Å². The number of fused-ring (bicyclic) bond motifs is 2. The van der Waals surface area contributed by atoms with Crippen LogP contribution < -0.4 is 10.1 Å². The maximum atomic E-state index is 13.5. The Hall–Kier alpha value is -4.76. The van der Waals surface area contributed by atoms with Crippen molar-refractivity contribution in [2.24, 2.45) is 0 Å². The Morgan fingerprint density at radius 1 is 1.10 bits per heavy atom. The zero-order valence-electron chi connectivity index (χ0n) is 22.2. The summed E-state index contributed by atoms with van der Waals surface area (Å²) in [6, 6.07) is 18.9. The van der Waals surface area contributed by atoms with Crippen molar-refractivity contribution in [3.05, 3.63) is 104 Å². The van der Waals surface area contributed by atoms with Crippen molar-refractivity contribution in [3.8, 4) is 5.75 Å². The van der Waals surface area contributed by atoms with Crippen LogP contribution in [0.15, 0.2) is 66.7 Å². The summed E-state index contributed by atoms with van der Waals surface area (Å²) < 4.78 is 10.8. The standard InChI is InChI=1S/C31H26ClN3O6/c1-2-40-21-14-15-26(27(17-21)35(38)39)33-28(36)18-41-31(37)29-22-10-4-6-13-25(22)34-30-20(9-7-11-23(29)30)16-19-8-3-5-12-24(19)32/h3-6,8,10,12-17H,2,7,9,11,18H2,1H3,(H,33,36). The van der Waals surface area contributed by atoms with Gasteiger partial charge in [0.15, 0.2) is 6.61 Å². The lowest BCUT2D eigenvalue weighted by molar-refractivity contribution is -0.384. The number of hydrogen-bond acceptors (Lipinski definition) is 7. The Kier molecular flexibility index (Phi) is 8.26. The first kappa shape index (κ1) is 27.8. The van der Waals surface area contributed by atoms with Crippen LogP contribution in [0.3, 0.4) is 0 Å². The molecule has 0 unspecified atom stereocenters. The molecule has 1 heterocycles. The molecular formula is C31H26ClN3O6. The minimum atomic E-state index is -0.711. The highest BCUT2D eigenvalue weighted by atomic mass is 35.5. The molecule has 5 rings (SSSR count). The minimum Gasteiger partial charge on any atom is -0.494 e. The molecule has 4 aromatic rings. The van der Waals surface area contributed by atoms with Crippen LogP contribution in [-0.4, -0.2) is 35.0 Å². The topological polar surface area (TPSA) is 121 Å². The normalized spacial score (nSPS) is 13.5. The number of nitrogens with zero attached hydrogens (tertiary/aromatic N) is 2. The van der Waals surface area contributed by atoms with Gasteiger partial charge < -0.3 is 14.8 Å². The molecule has 41 heavy (non-hydrogen) atoms. The number of benzene rings is 3. The highest BCUT2D eigenvalue weighted by Crippen LogP contribution is 2.37. The van der Waals surface area contributed by atoms with Crippen LogP contribution in [0.4, 0.5) is 11.4 Å². The van der Waals surface area contributed by atoms with Gasteiger partial charge >= 0.3 is 5.97 Å². The predicted octanol–water partition coefficient (Wildman–Crippen LogP) is 6.87. The summed E-state index contributed by atoms with van der Waals surface area (Å²) in [5, 5.41) is 15.2. The lowest BCUT2D eigenvalue weighted by Gasteiger charge is -2.22. The second-order valence-electron chi connectivity index (χ2n) is 9.37. The van der Waals surface area contributed by atoms with Gasteiger partial charge in [0.25, 0.3) is 11.6 Å². The molecule has 0 fully saturated rings. The highest BCUT2D eigenvalue weighted by molar-refractivity contribution is 6.32. The van der Waals surface area contributed by atoms with E-state index in [-0.39, 0.29) is 11.4 Å². The lowest BCUT2D eigenvalue weighted by Crippen LogP contribution is -2.23. The molecule has 1 amide bonds. The second-order valence-corrected chi connectivity index (χ2v) is 9.78. The molecule has 1 aliphatic rings. The fraction of sp³-hybridized carbons (Fsp3) is 0.194. The van der Waals surface area contributed by atoms with Crippen molar-refractivity contribution in [2.75, 3.05) is 18.5 Å². The third-order valence-electron chi connectivity index (χ3n) is 6.69. The number of carbonyl (C=O) groups excluding carboxylic acids is 2. The number of amides is 1. The molecule has 1 aliphatic carbocycles. The first-order valence-electron chi connectivity index (χ1n) is 13.1. The van der Waals surface area contributed by atoms with Gasteiger partial charge in [-0.2, -0.15) is 0 Å². The molecule has 0 aliphatic heterocycles. The molecule has 208 valence electrons. The quantitative estimate of drug-likeness (QED) is 0.139. The van der Waals surface area contributed by atoms with Crippen molar-refractivity contribution in [2.45, 2.75) is 26.2 Å². The molecule has 0 saturated heterocycles. The first-order chi connectivity index (χ1) is 19.9. The summed E-state index contributed by atoms with van der Waals surface area (Å²) in [6.45, 7) is 1.47. The van der Waals surface area contributed by atoms with E-state index in [4.69, 9.17) is 26.1 Å². The molecule has 0 atom stereocenters. The second kappa shape index (κ2) is 12.2. The van der Waals surface area contributed by atoms with Gasteiger partial charge in [-0.25, -0.2) is 9.78 Å². The average molecular weight is 572 g/mol. The van der Waals surface area contributed by atoms with Gasteiger partial charge in [0.05, 0.1) is 34.4 Å². The third kappa shape index (κ3) is 6.05. The van der Waals surface area contributed by atoms with E-state index in [0.717, 1.165) is 29.5 Å². The number of nitro groups is 1. The number of rotatable bonds is 8. The van der Waals surface area contributed by atoms with Crippen LogP contribution in [-0.2, 0) is 16.0 Å². The number of pyridine rings is 1. The van der Waals surface area contributed by atoms with E-state index in [0.29, 0.717) is 46.0 Å². The fourth-order valence-corrected chi connectivity index (χ4v) is 5.09. The predicted molar refractivity (Wildman–Crippen MR) is 157 cm³/mol. The number of esters is 1. The maximum absolute atomic E-state index is 13.5. The molecule has 1 aromatic heterocycles. The van der Waals surface area contributed by atoms with E-state index < -0.39 is 23.4 Å². The third-order valence-corrected chi connectivity index (χ3v) is 7.04. The molecule has 0 bridgehead atoms. The first-order valence-corrected chi connectivity index (χ1v) is 13.5. The van der Waals surface area contributed by atoms with Crippen LogP contribution in [0.5, 0.6) is 5.75 Å². The Bertz CT molecular complexity index is 1700. The smallest absolute Gasteiger partial charge is 0.339 e. The number of allylic oxidation sites excluding steroid dienone is 1. The molecule has 9 nitrogen and oxygen atoms in total. The number of carbonyl (C=O) groups is 2. The van der Waals surface area contributed by atoms with Crippen LogP contribution in [0.1, 0.15) is 46.9 Å². The number of para-hydroxylation sites is 1. The number of nitrogens with one attached hydrogen (secondary N) is 1. The van der Waals surface area contributed by atoms with Gasteiger partial charge in [-0.3, -0.25) is 14.9 Å². The molecule has 1 N–H and O–H groups in total. The van der Waals surface area contributed by atoms with E-state index >= 15 is 0 Å². The fourth-order valence-electron chi connectivity index (χ4n) is 4.90. The lowest BCUT2D eigenvalue weighted by atomic mass is 9.86. The van der Waals surface area contributed by atoms with Crippen molar-refractivity contribution in [1.82, 2.24) is 4.98 Å². The zero-order valence-corrected chi connectivity index (χ0v) is 22.9. The van der Waals surface area contributed by atoms with Crippen LogP contribution in [0.25, 0.3) is 22.6 Å². The van der Waals surface area contributed by atoms with Crippen molar-refractivity contribution in [3.63, 3.8) is 0 Å². The summed E-state index contributed by atoms with van der Waals surface area (Å²) in [4.78, 5) is 42.0. The maximum Gasteiger partial charge on any atom is 0.339 e. The highest BCUT2D eigenvalue weighted by Gasteiger charge is 2.27. The number of hydrogen-bond donors (Lipinski definition) is 1. The number of nitro benzene ring substituents is 1. The Balaban J connectivity index is 1.42. The van der Waals surface area contributed by atoms with Crippen LogP contribution in [0, 0.1) is 10.1 Å². The Morgan fingerprint density at radius 2 is 1.88 bits per heavy atom. The van der Waals surface area contributed by atoms with E-state index in [1.807, 2.05) is 48.5 Å². The van der Waals surface area contributed by atoms with Crippen LogP contribution in [0.2, 0.25) is 5.02 Å². The summed E-state index contributed by atoms with van der Waals surface area (Å²) in [5.41, 5.74) is 3.89. The van der Waals surface area contributed by atoms with Gasteiger partial charge in [-0.15, -0.1) is 0 Å². The summed E-state index contributed by atoms with van der Waals surface area (Å²) >= 11 is 6.40. The molecule has 0 radical (unpaired) electrons. The molecule has 0 saturated carbocycles. The van der Waals surface area contributed by atoms with Crippen molar-refractivity contribution in [1.29, 1.82) is 0 Å². The van der Waals surface area contributed by atoms with Crippen LogP contribution >= 0.6 is 11.6 Å². The Morgan fingerprint density at radius 3 is 2.66 bits per heavy atom. The van der Waals surface area contributed by atoms with E-state index in [1.165, 1.54) is 18.2 Å². The largest absolute Gasteiger partial charge is 0.494 e. The summed E-state index contributed by atoms with van der Waals surface area (Å²) in [5.74, 6) is -1.08. The number of anilines is 1. The summed E-state index contributed by atoms with van der Waals surface area (Å²) in [6.07, 6.45) is 4.17.